The van der Waals surface area contributed by atoms with Crippen LogP contribution in [0.15, 0.2) is 72.8 Å². The van der Waals surface area contributed by atoms with Gasteiger partial charge in [0.05, 0.1) is 17.7 Å². The second-order valence-corrected chi connectivity index (χ2v) is 17.7. The molecule has 0 saturated carbocycles. The molecule has 3 fully saturated rings. The number of carbonyl (C=O) groups is 5. The summed E-state index contributed by atoms with van der Waals surface area (Å²) in [5.74, 6) is -2.06. The first kappa shape index (κ1) is 37.7. The lowest BCUT2D eigenvalue weighted by Gasteiger charge is -2.55. The Morgan fingerprint density at radius 1 is 0.814 bits per heavy atom. The summed E-state index contributed by atoms with van der Waals surface area (Å²) in [5, 5.41) is 12.9. The molecule has 0 aromatic heterocycles. The number of hydrogen-bond acceptors (Lipinski definition) is 8. The first-order valence-electron chi connectivity index (χ1n) is 20.4. The molecule has 6 aliphatic rings. The first-order chi connectivity index (χ1) is 28.4. The fourth-order valence-electron chi connectivity index (χ4n) is 10.6. The van der Waals surface area contributed by atoms with Crippen LogP contribution < -0.4 is 10.2 Å². The number of benzene rings is 4. The highest BCUT2D eigenvalue weighted by Crippen LogP contribution is 2.49. The SMILES string of the molecule is O=C1CC[C@@H](N2C(=O)c3cc4c(cc3C2=O)CN(CC(=O)N2CCC3(CC2)CN(c2ccc([C@@H]5c6ccc(O)cc6CC[C@@H]5c5ccc(F)cc5Cl)cc2)C3)C4)C(=O)N1. The molecule has 13 heteroatoms. The minimum absolute atomic E-state index is 0.00249. The van der Waals surface area contributed by atoms with Crippen LogP contribution in [0.2, 0.25) is 5.02 Å². The molecule has 5 heterocycles. The number of carbonyl (C=O) groups excluding carboxylic acids is 5. The van der Waals surface area contributed by atoms with Gasteiger partial charge in [-0.1, -0.05) is 35.9 Å². The maximum atomic E-state index is 14.0. The Bertz CT molecular complexity index is 2410. The summed E-state index contributed by atoms with van der Waals surface area (Å²) < 4.78 is 14.0. The highest BCUT2D eigenvalue weighted by atomic mass is 35.5. The van der Waals surface area contributed by atoms with Crippen molar-refractivity contribution in [3.8, 4) is 5.75 Å². The molecule has 0 bridgehead atoms. The van der Waals surface area contributed by atoms with E-state index >= 15 is 0 Å². The average Bonchev–Trinajstić information content (AvgIpc) is 3.71. The van der Waals surface area contributed by atoms with Crippen LogP contribution in [0.3, 0.4) is 0 Å². The molecule has 0 unspecified atom stereocenters. The van der Waals surface area contributed by atoms with E-state index in [9.17, 15) is 33.5 Å². The molecule has 11 nitrogen and oxygen atoms in total. The molecule has 4 aromatic rings. The van der Waals surface area contributed by atoms with Crippen molar-refractivity contribution >= 4 is 46.8 Å². The van der Waals surface area contributed by atoms with Gasteiger partial charge in [0.25, 0.3) is 11.8 Å². The van der Waals surface area contributed by atoms with Crippen molar-refractivity contribution in [2.75, 3.05) is 37.6 Å². The number of fused-ring (bicyclic) bond motifs is 3. The smallest absolute Gasteiger partial charge is 0.262 e. The van der Waals surface area contributed by atoms with Gasteiger partial charge in [-0.15, -0.1) is 0 Å². The fourth-order valence-corrected chi connectivity index (χ4v) is 10.9. The monoisotopic (exact) mass is 815 g/mol. The fraction of sp³-hybridized carbons (Fsp3) is 0.370. The van der Waals surface area contributed by atoms with E-state index in [0.29, 0.717) is 31.2 Å². The zero-order chi connectivity index (χ0) is 40.7. The average molecular weight is 816 g/mol. The third-order valence-electron chi connectivity index (χ3n) is 13.7. The number of imide groups is 2. The molecule has 4 aromatic carbocycles. The number of phenols is 1. The van der Waals surface area contributed by atoms with E-state index < -0.39 is 29.7 Å². The van der Waals surface area contributed by atoms with E-state index in [2.05, 4.69) is 34.5 Å². The molecule has 3 atom stereocenters. The Balaban J connectivity index is 0.746. The van der Waals surface area contributed by atoms with E-state index in [-0.39, 0.29) is 65.2 Å². The van der Waals surface area contributed by atoms with Crippen LogP contribution in [0.4, 0.5) is 10.1 Å². The highest BCUT2D eigenvalue weighted by Gasteiger charge is 2.47. The third-order valence-corrected chi connectivity index (χ3v) is 14.0. The number of aryl methyl sites for hydroxylation is 1. The standard InChI is InChI=1S/C46H43ClFN5O6/c47-38-20-30(48)4-9-34(38)35-8-3-27-17-32(54)7-10-33(27)42(35)26-1-5-31(6-2-26)52-24-46(25-52)13-15-51(16-14-46)41(56)23-50-21-28-18-36-37(19-29(28)22-50)45(59)53(44(36)58)39-11-12-40(55)49-43(39)57/h1-2,4-7,9-10,17-20,35,39,42,54H,3,8,11-16,21-25H2,(H,49,55,57)/t35-,39-,42-/m1/s1. The zero-order valence-corrected chi connectivity index (χ0v) is 33.1. The lowest BCUT2D eigenvalue weighted by atomic mass is 9.69. The molecule has 5 amide bonds. The number of anilines is 1. The van der Waals surface area contributed by atoms with Crippen LogP contribution in [-0.2, 0) is 33.9 Å². The van der Waals surface area contributed by atoms with Crippen molar-refractivity contribution in [1.82, 2.24) is 20.0 Å². The first-order valence-corrected chi connectivity index (χ1v) is 20.8. The van der Waals surface area contributed by atoms with Gasteiger partial charge in [0.2, 0.25) is 17.7 Å². The maximum absolute atomic E-state index is 14.0. The summed E-state index contributed by atoms with van der Waals surface area (Å²) in [6.07, 6.45) is 3.67. The molecule has 5 aliphatic heterocycles. The Morgan fingerprint density at radius 2 is 1.49 bits per heavy atom. The lowest BCUT2D eigenvalue weighted by Crippen LogP contribution is -2.61. The van der Waals surface area contributed by atoms with Gasteiger partial charge in [0, 0.05) is 67.7 Å². The van der Waals surface area contributed by atoms with Gasteiger partial charge in [-0.2, -0.15) is 0 Å². The number of halogens is 2. The van der Waals surface area contributed by atoms with Gasteiger partial charge in [-0.3, -0.25) is 39.1 Å². The van der Waals surface area contributed by atoms with Crippen LogP contribution in [-0.4, -0.2) is 88.1 Å². The van der Waals surface area contributed by atoms with E-state index in [1.54, 1.807) is 24.3 Å². The summed E-state index contributed by atoms with van der Waals surface area (Å²) in [5.41, 5.74) is 7.98. The van der Waals surface area contributed by atoms with E-state index in [1.165, 1.54) is 12.1 Å². The summed E-state index contributed by atoms with van der Waals surface area (Å²) in [7, 11) is 0. The molecule has 2 N–H and O–H groups in total. The predicted molar refractivity (Wildman–Crippen MR) is 217 cm³/mol. The van der Waals surface area contributed by atoms with Gasteiger partial charge in [-0.05, 0) is 120 Å². The molecular weight excluding hydrogens is 773 g/mol. The van der Waals surface area contributed by atoms with Gasteiger partial charge in [0.1, 0.15) is 17.6 Å². The van der Waals surface area contributed by atoms with Crippen molar-refractivity contribution in [3.63, 3.8) is 0 Å². The Morgan fingerprint density at radius 3 is 2.15 bits per heavy atom. The molecule has 1 aliphatic carbocycles. The van der Waals surface area contributed by atoms with Crippen molar-refractivity contribution in [2.45, 2.75) is 69.5 Å². The number of nitrogens with one attached hydrogen (secondary N) is 1. The van der Waals surface area contributed by atoms with Crippen LogP contribution >= 0.6 is 11.6 Å². The van der Waals surface area contributed by atoms with Crippen molar-refractivity contribution in [3.05, 3.63) is 128 Å². The molecule has 0 radical (unpaired) electrons. The minimum atomic E-state index is -1.00. The Labute approximate surface area is 345 Å². The van der Waals surface area contributed by atoms with E-state index in [4.69, 9.17) is 11.6 Å². The number of aromatic hydroxyl groups is 1. The summed E-state index contributed by atoms with van der Waals surface area (Å²) >= 11 is 6.62. The zero-order valence-electron chi connectivity index (χ0n) is 32.4. The molecule has 10 rings (SSSR count). The topological polar surface area (TPSA) is 131 Å². The van der Waals surface area contributed by atoms with Crippen LogP contribution in [0.5, 0.6) is 5.75 Å². The molecule has 1 spiro atoms. The van der Waals surface area contributed by atoms with Crippen LogP contribution in [0, 0.1) is 11.2 Å². The predicted octanol–water partition coefficient (Wildman–Crippen LogP) is 5.89. The van der Waals surface area contributed by atoms with Gasteiger partial charge < -0.3 is 14.9 Å². The number of hydrogen-bond donors (Lipinski definition) is 2. The molecule has 302 valence electrons. The van der Waals surface area contributed by atoms with Gasteiger partial charge in [-0.25, -0.2) is 4.39 Å². The maximum Gasteiger partial charge on any atom is 0.262 e. The van der Waals surface area contributed by atoms with Gasteiger partial charge >= 0.3 is 0 Å². The number of likely N-dealkylation sites (tertiary alicyclic amines) is 1. The van der Waals surface area contributed by atoms with Crippen LogP contribution in [0.25, 0.3) is 0 Å². The minimum Gasteiger partial charge on any atom is -0.508 e. The van der Waals surface area contributed by atoms with Crippen molar-refractivity contribution in [1.29, 1.82) is 0 Å². The number of piperidine rings is 2. The quantitative estimate of drug-likeness (QED) is 0.231. The number of amides is 5. The number of phenolic OH excluding ortho intramolecular Hbond substituents is 1. The Kier molecular flexibility index (Phi) is 9.13. The summed E-state index contributed by atoms with van der Waals surface area (Å²) in [6.45, 7) is 4.47. The summed E-state index contributed by atoms with van der Waals surface area (Å²) in [6, 6.07) is 21.5. The normalized spacial score (nSPS) is 23.6. The highest BCUT2D eigenvalue weighted by molar-refractivity contribution is 6.31. The largest absolute Gasteiger partial charge is 0.508 e. The third kappa shape index (κ3) is 6.57. The lowest BCUT2D eigenvalue weighted by molar-refractivity contribution is -0.137. The molecule has 3 saturated heterocycles. The van der Waals surface area contributed by atoms with Crippen LogP contribution in [0.1, 0.15) is 98.0 Å². The van der Waals surface area contributed by atoms with Crippen molar-refractivity contribution < 1.29 is 33.5 Å². The number of nitrogens with zero attached hydrogens (tertiary/aromatic N) is 4. The molecular formula is C46H43ClFN5O6. The second kappa shape index (κ2) is 14.3. The van der Waals surface area contributed by atoms with E-state index in [1.807, 2.05) is 21.9 Å². The van der Waals surface area contributed by atoms with Gasteiger partial charge in [0.15, 0.2) is 0 Å². The van der Waals surface area contributed by atoms with Crippen molar-refractivity contribution in [2.24, 2.45) is 5.41 Å². The molecule has 59 heavy (non-hydrogen) atoms. The summed E-state index contributed by atoms with van der Waals surface area (Å²) in [4.78, 5) is 71.7. The second-order valence-electron chi connectivity index (χ2n) is 17.3. The number of rotatable bonds is 6. The Hall–Kier alpha value is -5.59. The van der Waals surface area contributed by atoms with E-state index in [0.717, 1.165) is 82.7 Å².